The van der Waals surface area contributed by atoms with E-state index in [0.29, 0.717) is 18.8 Å². The van der Waals surface area contributed by atoms with Crippen molar-refractivity contribution in [3.8, 4) is 11.5 Å². The number of nitrogens with zero attached hydrogens (tertiary/aromatic N) is 1. The first kappa shape index (κ1) is 27.7. The molecular weight excluding hydrogens is 496 g/mol. The van der Waals surface area contributed by atoms with Crippen molar-refractivity contribution in [2.75, 3.05) is 20.3 Å². The molecule has 2 aromatic carbocycles. The number of carbonyl (C=O) groups excluding carboxylic acids is 2. The highest BCUT2D eigenvalue weighted by molar-refractivity contribution is 9.10. The Morgan fingerprint density at radius 3 is 2.35 bits per heavy atom. The van der Waals surface area contributed by atoms with Crippen molar-refractivity contribution in [1.29, 1.82) is 0 Å². The number of unbranched alkanes of at least 4 members (excludes halogenated alkanes) is 1. The summed E-state index contributed by atoms with van der Waals surface area (Å²) in [5.41, 5.74) is 2.07. The molecule has 2 rings (SSSR count). The van der Waals surface area contributed by atoms with Crippen LogP contribution in [0.15, 0.2) is 46.9 Å². The van der Waals surface area contributed by atoms with E-state index >= 15 is 0 Å². The molecule has 0 bridgehead atoms. The molecule has 0 heterocycles. The molecule has 6 nitrogen and oxygen atoms in total. The standard InChI is InChI=1S/C27H37BrN2O4/c1-7-8-15-29-26(32)19(2)30(17-20-9-12-22(33-6)13-10-20)25(31)18-34-24-14-11-21(16-23(24)28)27(3,4)5/h9-14,16,19H,7-8,15,17-18H2,1-6H3,(H,29,32)/t19-/m0/s1. The zero-order valence-electron chi connectivity index (χ0n) is 21.1. The summed E-state index contributed by atoms with van der Waals surface area (Å²) in [6.45, 7) is 11.0. The van der Waals surface area contributed by atoms with Crippen molar-refractivity contribution >= 4 is 27.7 Å². The third kappa shape index (κ3) is 8.05. The highest BCUT2D eigenvalue weighted by Crippen LogP contribution is 2.31. The number of carbonyl (C=O) groups is 2. The van der Waals surface area contributed by atoms with E-state index in [1.54, 1.807) is 18.9 Å². The first-order chi connectivity index (χ1) is 16.1. The minimum Gasteiger partial charge on any atom is -0.497 e. The Labute approximate surface area is 212 Å². The maximum absolute atomic E-state index is 13.2. The van der Waals surface area contributed by atoms with Gasteiger partial charge in [-0.3, -0.25) is 9.59 Å². The molecule has 7 heteroatoms. The van der Waals surface area contributed by atoms with Gasteiger partial charge in [0.2, 0.25) is 5.91 Å². The maximum Gasteiger partial charge on any atom is 0.261 e. The van der Waals surface area contributed by atoms with Gasteiger partial charge in [-0.05, 0) is 70.1 Å². The molecule has 0 radical (unpaired) electrons. The molecule has 0 aromatic heterocycles. The van der Waals surface area contributed by atoms with E-state index in [-0.39, 0.29) is 23.8 Å². The second kappa shape index (κ2) is 12.8. The molecule has 0 saturated carbocycles. The predicted molar refractivity (Wildman–Crippen MR) is 139 cm³/mol. The largest absolute Gasteiger partial charge is 0.497 e. The van der Waals surface area contributed by atoms with Crippen molar-refractivity contribution < 1.29 is 19.1 Å². The van der Waals surface area contributed by atoms with Gasteiger partial charge in [0, 0.05) is 13.1 Å². The fraction of sp³-hybridized carbons (Fsp3) is 0.481. The van der Waals surface area contributed by atoms with Gasteiger partial charge in [-0.2, -0.15) is 0 Å². The molecule has 2 aromatic rings. The number of ether oxygens (including phenoxy) is 2. The Morgan fingerprint density at radius 2 is 1.79 bits per heavy atom. The average molecular weight is 534 g/mol. The Balaban J connectivity index is 2.16. The molecule has 0 spiro atoms. The Morgan fingerprint density at radius 1 is 1.12 bits per heavy atom. The molecule has 0 aliphatic carbocycles. The number of methoxy groups -OCH3 is 1. The number of benzene rings is 2. The normalized spacial score (nSPS) is 12.1. The number of hydrogen-bond acceptors (Lipinski definition) is 4. The van der Waals surface area contributed by atoms with Crippen molar-refractivity contribution in [3.05, 3.63) is 58.1 Å². The summed E-state index contributed by atoms with van der Waals surface area (Å²) in [6, 6.07) is 12.7. The summed E-state index contributed by atoms with van der Waals surface area (Å²) in [7, 11) is 1.61. The van der Waals surface area contributed by atoms with Crippen LogP contribution < -0.4 is 14.8 Å². The first-order valence-electron chi connectivity index (χ1n) is 11.7. The molecule has 1 atom stereocenters. The Kier molecular flexibility index (Phi) is 10.4. The number of rotatable bonds is 11. The predicted octanol–water partition coefficient (Wildman–Crippen LogP) is 5.47. The van der Waals surface area contributed by atoms with Gasteiger partial charge in [0.1, 0.15) is 17.5 Å². The SMILES string of the molecule is CCCCNC(=O)[C@H](C)N(Cc1ccc(OC)cc1)C(=O)COc1ccc(C(C)(C)C)cc1Br. The number of amides is 2. The fourth-order valence-electron chi connectivity index (χ4n) is 3.35. The first-order valence-corrected chi connectivity index (χ1v) is 12.5. The molecule has 1 N–H and O–H groups in total. The minimum atomic E-state index is -0.637. The topological polar surface area (TPSA) is 67.9 Å². The minimum absolute atomic E-state index is 0.00655. The Bertz CT molecular complexity index is 954. The molecule has 0 unspecified atom stereocenters. The third-order valence-electron chi connectivity index (χ3n) is 5.66. The van der Waals surface area contributed by atoms with Crippen LogP contribution in [0.2, 0.25) is 0 Å². The fourth-order valence-corrected chi connectivity index (χ4v) is 3.85. The van der Waals surface area contributed by atoms with Crippen LogP contribution in [0.1, 0.15) is 58.6 Å². The smallest absolute Gasteiger partial charge is 0.261 e. The third-order valence-corrected chi connectivity index (χ3v) is 6.28. The van der Waals surface area contributed by atoms with Crippen LogP contribution in [0.3, 0.4) is 0 Å². The zero-order chi connectivity index (χ0) is 25.3. The van der Waals surface area contributed by atoms with E-state index in [4.69, 9.17) is 9.47 Å². The van der Waals surface area contributed by atoms with Crippen molar-refractivity contribution in [3.63, 3.8) is 0 Å². The van der Waals surface area contributed by atoms with E-state index in [1.807, 2.05) is 42.5 Å². The van der Waals surface area contributed by atoms with Gasteiger partial charge < -0.3 is 19.7 Å². The lowest BCUT2D eigenvalue weighted by Gasteiger charge is -2.29. The summed E-state index contributed by atoms with van der Waals surface area (Å²) >= 11 is 3.56. The molecule has 0 aliphatic rings. The van der Waals surface area contributed by atoms with Gasteiger partial charge in [0.15, 0.2) is 6.61 Å². The van der Waals surface area contributed by atoms with Crippen LogP contribution in [0.5, 0.6) is 11.5 Å². The van der Waals surface area contributed by atoms with Crippen LogP contribution in [0, 0.1) is 0 Å². The zero-order valence-corrected chi connectivity index (χ0v) is 22.7. The van der Waals surface area contributed by atoms with E-state index in [9.17, 15) is 9.59 Å². The summed E-state index contributed by atoms with van der Waals surface area (Å²) in [5, 5.41) is 2.92. The van der Waals surface area contributed by atoms with Gasteiger partial charge in [0.25, 0.3) is 5.91 Å². The molecular formula is C27H37BrN2O4. The van der Waals surface area contributed by atoms with Crippen LogP contribution in [0.4, 0.5) is 0 Å². The van der Waals surface area contributed by atoms with Crippen LogP contribution in [-0.4, -0.2) is 43.0 Å². The molecule has 0 saturated heterocycles. The van der Waals surface area contributed by atoms with Crippen molar-refractivity contribution in [2.24, 2.45) is 0 Å². The van der Waals surface area contributed by atoms with Crippen LogP contribution in [0.25, 0.3) is 0 Å². The van der Waals surface area contributed by atoms with Gasteiger partial charge in [-0.1, -0.05) is 52.3 Å². The summed E-state index contributed by atoms with van der Waals surface area (Å²) in [6.07, 6.45) is 1.88. The molecule has 186 valence electrons. The number of hydrogen-bond donors (Lipinski definition) is 1. The van der Waals surface area contributed by atoms with E-state index in [2.05, 4.69) is 48.9 Å². The molecule has 0 fully saturated rings. The summed E-state index contributed by atoms with van der Waals surface area (Å²) in [4.78, 5) is 27.5. The van der Waals surface area contributed by atoms with Crippen LogP contribution in [-0.2, 0) is 21.5 Å². The van der Waals surface area contributed by atoms with Gasteiger partial charge in [0.05, 0.1) is 11.6 Å². The van der Waals surface area contributed by atoms with E-state index < -0.39 is 6.04 Å². The van der Waals surface area contributed by atoms with Crippen molar-refractivity contribution in [2.45, 2.75) is 65.5 Å². The summed E-state index contributed by atoms with van der Waals surface area (Å²) < 4.78 is 11.9. The maximum atomic E-state index is 13.2. The highest BCUT2D eigenvalue weighted by Gasteiger charge is 2.26. The second-order valence-electron chi connectivity index (χ2n) is 9.37. The lowest BCUT2D eigenvalue weighted by Crippen LogP contribution is -2.49. The monoisotopic (exact) mass is 532 g/mol. The number of halogens is 1. The van der Waals surface area contributed by atoms with Crippen LogP contribution >= 0.6 is 15.9 Å². The molecule has 0 aliphatic heterocycles. The van der Waals surface area contributed by atoms with Gasteiger partial charge in [-0.15, -0.1) is 0 Å². The average Bonchev–Trinajstić information content (AvgIpc) is 2.81. The molecule has 34 heavy (non-hydrogen) atoms. The van der Waals surface area contributed by atoms with E-state index in [0.717, 1.165) is 34.2 Å². The Hall–Kier alpha value is -2.54. The highest BCUT2D eigenvalue weighted by atomic mass is 79.9. The second-order valence-corrected chi connectivity index (χ2v) is 10.2. The van der Waals surface area contributed by atoms with Gasteiger partial charge in [-0.25, -0.2) is 0 Å². The summed E-state index contributed by atoms with van der Waals surface area (Å²) in [5.74, 6) is 0.886. The lowest BCUT2D eigenvalue weighted by molar-refractivity contribution is -0.142. The van der Waals surface area contributed by atoms with E-state index in [1.165, 1.54) is 0 Å². The lowest BCUT2D eigenvalue weighted by atomic mass is 9.87. The molecule has 2 amide bonds. The quantitative estimate of drug-likeness (QED) is 0.389. The van der Waals surface area contributed by atoms with Gasteiger partial charge >= 0.3 is 0 Å². The van der Waals surface area contributed by atoms with Crippen molar-refractivity contribution in [1.82, 2.24) is 10.2 Å². The number of nitrogens with one attached hydrogen (secondary N) is 1.